The molecule has 0 aliphatic carbocycles. The van der Waals surface area contributed by atoms with Crippen LogP contribution in [0.25, 0.3) is 0 Å². The van der Waals surface area contributed by atoms with Crippen molar-refractivity contribution in [2.75, 3.05) is 17.1 Å². The van der Waals surface area contributed by atoms with E-state index in [1.54, 1.807) is 24.3 Å². The third-order valence-corrected chi connectivity index (χ3v) is 3.15. The molecule has 0 N–H and O–H groups in total. The van der Waals surface area contributed by atoms with E-state index in [9.17, 15) is 8.42 Å². The molecule has 0 aliphatic rings. The fourth-order valence-corrected chi connectivity index (χ4v) is 1.61. The highest BCUT2D eigenvalue weighted by Gasteiger charge is 2.18. The summed E-state index contributed by atoms with van der Waals surface area (Å²) in [5.74, 6) is -0.233. The Morgan fingerprint density at radius 2 is 2.29 bits per heavy atom. The van der Waals surface area contributed by atoms with Crippen molar-refractivity contribution in [2.24, 2.45) is 0 Å². The zero-order valence-electron chi connectivity index (χ0n) is 7.58. The third kappa shape index (κ3) is 2.20. The molecule has 0 aliphatic heterocycles. The number of aromatic nitrogens is 1. The molecule has 0 amide bonds. The van der Waals surface area contributed by atoms with Gasteiger partial charge in [-0.05, 0) is 12.1 Å². The Morgan fingerprint density at radius 3 is 2.79 bits per heavy atom. The van der Waals surface area contributed by atoms with Crippen LogP contribution in [0.3, 0.4) is 0 Å². The summed E-state index contributed by atoms with van der Waals surface area (Å²) in [7, 11) is -2.18. The molecule has 1 aromatic heterocycles. The summed E-state index contributed by atoms with van der Waals surface area (Å²) in [5, 5.41) is 8.32. The van der Waals surface area contributed by atoms with Gasteiger partial charge in [0.15, 0.2) is 5.75 Å². The van der Waals surface area contributed by atoms with Gasteiger partial charge in [0.05, 0.1) is 6.07 Å². The van der Waals surface area contributed by atoms with Crippen molar-refractivity contribution in [1.82, 2.24) is 4.98 Å². The van der Waals surface area contributed by atoms with Crippen LogP contribution in [0.2, 0.25) is 0 Å². The number of rotatable bonds is 3. The molecule has 0 saturated carbocycles. The summed E-state index contributed by atoms with van der Waals surface area (Å²) < 4.78 is 23.8. The fourth-order valence-electron chi connectivity index (χ4n) is 0.861. The number of anilines is 1. The van der Waals surface area contributed by atoms with Gasteiger partial charge in [-0.15, -0.1) is 0 Å². The highest BCUT2D eigenvalue weighted by atomic mass is 32.2. The molecular formula is C8H9N3O2S. The van der Waals surface area contributed by atoms with Crippen LogP contribution in [0.5, 0.6) is 0 Å². The van der Waals surface area contributed by atoms with Crippen molar-refractivity contribution in [3.63, 3.8) is 0 Å². The van der Waals surface area contributed by atoms with E-state index < -0.39 is 15.8 Å². The van der Waals surface area contributed by atoms with Crippen LogP contribution in [0.1, 0.15) is 0 Å². The first-order valence-electron chi connectivity index (χ1n) is 3.82. The van der Waals surface area contributed by atoms with Gasteiger partial charge >= 0.3 is 0 Å². The maximum absolute atomic E-state index is 11.4. The molecule has 14 heavy (non-hydrogen) atoms. The van der Waals surface area contributed by atoms with Gasteiger partial charge in [0, 0.05) is 13.2 Å². The highest BCUT2D eigenvalue weighted by molar-refractivity contribution is 7.92. The average molecular weight is 211 g/mol. The minimum Gasteiger partial charge on any atom is -0.256 e. The molecule has 0 saturated heterocycles. The second-order valence-corrected chi connectivity index (χ2v) is 4.57. The van der Waals surface area contributed by atoms with Gasteiger partial charge in [-0.25, -0.2) is 13.4 Å². The molecule has 0 atom stereocenters. The van der Waals surface area contributed by atoms with Crippen LogP contribution in [-0.2, 0) is 10.0 Å². The summed E-state index contributed by atoms with van der Waals surface area (Å²) in [6.07, 6.45) is 1.49. The number of nitriles is 1. The van der Waals surface area contributed by atoms with Crippen molar-refractivity contribution in [2.45, 2.75) is 0 Å². The molecule has 1 heterocycles. The topological polar surface area (TPSA) is 74.1 Å². The van der Waals surface area contributed by atoms with Crippen molar-refractivity contribution in [3.8, 4) is 6.07 Å². The first-order chi connectivity index (χ1) is 6.58. The van der Waals surface area contributed by atoms with E-state index in [0.717, 1.165) is 4.31 Å². The van der Waals surface area contributed by atoms with E-state index in [1.807, 2.05) is 0 Å². The maximum atomic E-state index is 11.4. The Balaban J connectivity index is 2.98. The van der Waals surface area contributed by atoms with Gasteiger partial charge in [0.2, 0.25) is 10.0 Å². The van der Waals surface area contributed by atoms with Crippen molar-refractivity contribution in [3.05, 3.63) is 24.4 Å². The van der Waals surface area contributed by atoms with Crippen molar-refractivity contribution >= 4 is 15.8 Å². The van der Waals surface area contributed by atoms with E-state index in [0.29, 0.717) is 5.82 Å². The number of sulfonamides is 1. The molecule has 0 fully saturated rings. The fraction of sp³-hybridized carbons (Fsp3) is 0.250. The molecular weight excluding hydrogens is 202 g/mol. The lowest BCUT2D eigenvalue weighted by molar-refractivity contribution is 0.597. The van der Waals surface area contributed by atoms with Gasteiger partial charge in [0.25, 0.3) is 0 Å². The lowest BCUT2D eigenvalue weighted by atomic mass is 10.5. The summed E-state index contributed by atoms with van der Waals surface area (Å²) in [5.41, 5.74) is 0. The van der Waals surface area contributed by atoms with Crippen molar-refractivity contribution < 1.29 is 8.42 Å². The number of hydrogen-bond acceptors (Lipinski definition) is 4. The molecule has 5 nitrogen and oxygen atoms in total. The molecule has 0 aromatic carbocycles. The normalized spacial score (nSPS) is 10.6. The predicted molar refractivity (Wildman–Crippen MR) is 52.0 cm³/mol. The van der Waals surface area contributed by atoms with E-state index in [2.05, 4.69) is 4.98 Å². The standard InChI is InChI=1S/C8H9N3O2S/c1-11(14(12,13)7-5-9)8-4-2-3-6-10-8/h2-4,6H,7H2,1H3. The summed E-state index contributed by atoms with van der Waals surface area (Å²) in [6, 6.07) is 6.54. The van der Waals surface area contributed by atoms with Crippen LogP contribution in [0.4, 0.5) is 5.82 Å². The largest absolute Gasteiger partial charge is 0.256 e. The molecule has 0 unspecified atom stereocenters. The van der Waals surface area contributed by atoms with Gasteiger partial charge < -0.3 is 0 Å². The van der Waals surface area contributed by atoms with Gasteiger partial charge in [0.1, 0.15) is 5.82 Å². The SMILES string of the molecule is CN(c1ccccn1)S(=O)(=O)CC#N. The smallest absolute Gasteiger partial charge is 0.249 e. The third-order valence-electron chi connectivity index (χ3n) is 1.64. The summed E-state index contributed by atoms with van der Waals surface area (Å²) in [4.78, 5) is 3.86. The van der Waals surface area contributed by atoms with Crippen LogP contribution in [-0.4, -0.2) is 26.2 Å². The van der Waals surface area contributed by atoms with Crippen LogP contribution >= 0.6 is 0 Å². The van der Waals surface area contributed by atoms with Crippen LogP contribution in [0, 0.1) is 11.3 Å². The lowest BCUT2D eigenvalue weighted by Gasteiger charge is -2.15. The number of nitrogens with zero attached hydrogens (tertiary/aromatic N) is 3. The van der Waals surface area contributed by atoms with E-state index >= 15 is 0 Å². The Kier molecular flexibility index (Phi) is 3.04. The van der Waals surface area contributed by atoms with Crippen LogP contribution < -0.4 is 4.31 Å². The maximum Gasteiger partial charge on any atom is 0.249 e. The molecule has 0 radical (unpaired) electrons. The zero-order chi connectivity index (χ0) is 10.6. The van der Waals surface area contributed by atoms with Gasteiger partial charge in [-0.1, -0.05) is 6.07 Å². The zero-order valence-corrected chi connectivity index (χ0v) is 8.40. The van der Waals surface area contributed by atoms with Gasteiger partial charge in [-0.3, -0.25) is 4.31 Å². The quantitative estimate of drug-likeness (QED) is 0.724. The second kappa shape index (κ2) is 4.07. The van der Waals surface area contributed by atoms with Crippen molar-refractivity contribution in [1.29, 1.82) is 5.26 Å². The predicted octanol–water partition coefficient (Wildman–Crippen LogP) is 0.371. The van der Waals surface area contributed by atoms with Crippen LogP contribution in [0.15, 0.2) is 24.4 Å². The Hall–Kier alpha value is -1.61. The Labute approximate surface area is 82.7 Å². The molecule has 0 spiro atoms. The Bertz CT molecular complexity index is 435. The highest BCUT2D eigenvalue weighted by Crippen LogP contribution is 2.11. The molecule has 1 rings (SSSR count). The first kappa shape index (κ1) is 10.5. The molecule has 6 heteroatoms. The van der Waals surface area contributed by atoms with E-state index in [-0.39, 0.29) is 0 Å². The molecule has 74 valence electrons. The second-order valence-electron chi connectivity index (χ2n) is 2.57. The lowest BCUT2D eigenvalue weighted by Crippen LogP contribution is -2.29. The summed E-state index contributed by atoms with van der Waals surface area (Å²) in [6.45, 7) is 0. The number of pyridine rings is 1. The van der Waals surface area contributed by atoms with E-state index in [4.69, 9.17) is 5.26 Å². The first-order valence-corrected chi connectivity index (χ1v) is 5.43. The molecule has 0 bridgehead atoms. The minimum absolute atomic E-state index is 0.308. The molecule has 1 aromatic rings. The van der Waals surface area contributed by atoms with Gasteiger partial charge in [-0.2, -0.15) is 5.26 Å². The average Bonchev–Trinajstić information content (AvgIpc) is 2.18. The van der Waals surface area contributed by atoms with E-state index in [1.165, 1.54) is 13.2 Å². The Morgan fingerprint density at radius 1 is 1.57 bits per heavy atom. The monoisotopic (exact) mass is 211 g/mol. The minimum atomic E-state index is -3.55. The number of hydrogen-bond donors (Lipinski definition) is 0. The summed E-state index contributed by atoms with van der Waals surface area (Å²) >= 11 is 0.